The summed E-state index contributed by atoms with van der Waals surface area (Å²) in [7, 11) is 0. The monoisotopic (exact) mass is 399 g/mol. The molecule has 3 unspecified atom stereocenters. The van der Waals surface area contributed by atoms with Gasteiger partial charge in [0.1, 0.15) is 12.4 Å². The van der Waals surface area contributed by atoms with Gasteiger partial charge in [-0.3, -0.25) is 4.98 Å². The van der Waals surface area contributed by atoms with Crippen molar-refractivity contribution in [2.45, 2.75) is 77.8 Å². The van der Waals surface area contributed by atoms with Gasteiger partial charge in [0.05, 0.1) is 24.0 Å². The first-order valence-corrected chi connectivity index (χ1v) is 10.5. The van der Waals surface area contributed by atoms with E-state index in [0.29, 0.717) is 25.2 Å². The van der Waals surface area contributed by atoms with Crippen LogP contribution in [0, 0.1) is 5.41 Å². The lowest BCUT2D eigenvalue weighted by Crippen LogP contribution is -2.35. The summed E-state index contributed by atoms with van der Waals surface area (Å²) < 4.78 is 5.93. The van der Waals surface area contributed by atoms with Crippen LogP contribution >= 0.6 is 0 Å². The van der Waals surface area contributed by atoms with Crippen LogP contribution in [0.5, 0.6) is 5.75 Å². The van der Waals surface area contributed by atoms with Crippen molar-refractivity contribution in [1.29, 1.82) is 0 Å². The van der Waals surface area contributed by atoms with Crippen molar-refractivity contribution < 1.29 is 20.1 Å². The zero-order chi connectivity index (χ0) is 21.0. The Kier molecular flexibility index (Phi) is 6.93. The Hall–Kier alpha value is -1.95. The summed E-state index contributed by atoms with van der Waals surface area (Å²) in [5, 5.41) is 30.5. The van der Waals surface area contributed by atoms with Crippen LogP contribution in [0.3, 0.4) is 0 Å². The molecule has 5 heteroatoms. The number of pyridine rings is 1. The zero-order valence-electron chi connectivity index (χ0n) is 17.6. The van der Waals surface area contributed by atoms with Gasteiger partial charge < -0.3 is 20.1 Å². The minimum absolute atomic E-state index is 0.194. The van der Waals surface area contributed by atoms with Gasteiger partial charge in [-0.15, -0.1) is 0 Å². The Morgan fingerprint density at radius 3 is 2.66 bits per heavy atom. The third kappa shape index (κ3) is 5.35. The first kappa shape index (κ1) is 21.8. The molecule has 0 amide bonds. The Morgan fingerprint density at radius 2 is 1.90 bits per heavy atom. The van der Waals surface area contributed by atoms with E-state index in [1.54, 1.807) is 0 Å². The fourth-order valence-electron chi connectivity index (χ4n) is 3.87. The lowest BCUT2D eigenvalue weighted by atomic mass is 9.78. The van der Waals surface area contributed by atoms with Crippen molar-refractivity contribution in [1.82, 2.24) is 4.98 Å². The van der Waals surface area contributed by atoms with Crippen LogP contribution in [-0.2, 0) is 19.4 Å². The quantitative estimate of drug-likeness (QED) is 0.630. The van der Waals surface area contributed by atoms with Gasteiger partial charge in [-0.1, -0.05) is 51.8 Å². The molecule has 2 aromatic rings. The highest BCUT2D eigenvalue weighted by atomic mass is 16.5. The molecular formula is C24H33NO4. The molecule has 0 fully saturated rings. The highest BCUT2D eigenvalue weighted by Crippen LogP contribution is 2.38. The van der Waals surface area contributed by atoms with Crippen LogP contribution in [0.1, 0.15) is 68.7 Å². The van der Waals surface area contributed by atoms with Crippen molar-refractivity contribution in [2.24, 2.45) is 5.41 Å². The number of fused-ring (bicyclic) bond motifs is 1. The Balaban J connectivity index is 1.66. The van der Waals surface area contributed by atoms with Gasteiger partial charge in [0.15, 0.2) is 0 Å². The van der Waals surface area contributed by atoms with Gasteiger partial charge in [0.25, 0.3) is 0 Å². The number of nitrogens with zero attached hydrogens (tertiary/aromatic N) is 1. The molecule has 5 nitrogen and oxygen atoms in total. The van der Waals surface area contributed by atoms with Gasteiger partial charge in [-0.05, 0) is 41.2 Å². The molecule has 0 saturated heterocycles. The van der Waals surface area contributed by atoms with Crippen LogP contribution in [0.25, 0.3) is 0 Å². The second-order valence-electron chi connectivity index (χ2n) is 8.81. The van der Waals surface area contributed by atoms with Crippen LogP contribution in [0.4, 0.5) is 0 Å². The van der Waals surface area contributed by atoms with Gasteiger partial charge in [-0.25, -0.2) is 0 Å². The van der Waals surface area contributed by atoms with Crippen LogP contribution in [-0.4, -0.2) is 32.5 Å². The standard InChI is InChI=1S/C24H33NO4/c1-4-5-11-24(2,3)23(28)17-7-6-8-19(12-17)29-15-18-10-9-16-13-21(26)22(27)14-20(16)25-18/h6-10,12,21-23,26-28H,4-5,11,13-15H2,1-3H3. The lowest BCUT2D eigenvalue weighted by molar-refractivity contribution is 0.0131. The Labute approximate surface area is 173 Å². The number of ether oxygens (including phenoxy) is 1. The van der Waals surface area contributed by atoms with Crippen LogP contribution in [0.15, 0.2) is 36.4 Å². The van der Waals surface area contributed by atoms with Crippen molar-refractivity contribution >= 4 is 0 Å². The highest BCUT2D eigenvalue weighted by molar-refractivity contribution is 5.31. The molecule has 1 aromatic carbocycles. The fraction of sp³-hybridized carbons (Fsp3) is 0.542. The third-order valence-corrected chi connectivity index (χ3v) is 5.88. The van der Waals surface area contributed by atoms with Crippen LogP contribution in [0.2, 0.25) is 0 Å². The molecule has 0 aliphatic heterocycles. The topological polar surface area (TPSA) is 82.8 Å². The molecule has 0 spiro atoms. The van der Waals surface area contributed by atoms with E-state index in [0.717, 1.165) is 41.8 Å². The highest BCUT2D eigenvalue weighted by Gasteiger charge is 2.29. The molecule has 1 aliphatic carbocycles. The van der Waals surface area contributed by atoms with E-state index < -0.39 is 18.3 Å². The minimum atomic E-state index is -0.764. The first-order valence-electron chi connectivity index (χ1n) is 10.5. The van der Waals surface area contributed by atoms with E-state index in [4.69, 9.17) is 4.74 Å². The van der Waals surface area contributed by atoms with Crippen molar-refractivity contribution in [3.05, 3.63) is 58.9 Å². The van der Waals surface area contributed by atoms with E-state index in [1.165, 1.54) is 0 Å². The molecule has 29 heavy (non-hydrogen) atoms. The maximum atomic E-state index is 10.9. The predicted molar refractivity (Wildman–Crippen MR) is 113 cm³/mol. The maximum Gasteiger partial charge on any atom is 0.130 e. The molecular weight excluding hydrogens is 366 g/mol. The zero-order valence-corrected chi connectivity index (χ0v) is 17.6. The summed E-state index contributed by atoms with van der Waals surface area (Å²) in [6.45, 7) is 6.67. The summed E-state index contributed by atoms with van der Waals surface area (Å²) in [4.78, 5) is 4.60. The van der Waals surface area contributed by atoms with E-state index in [-0.39, 0.29) is 5.41 Å². The van der Waals surface area contributed by atoms with Crippen LogP contribution < -0.4 is 4.74 Å². The molecule has 0 radical (unpaired) electrons. The minimum Gasteiger partial charge on any atom is -0.487 e. The number of rotatable bonds is 8. The Morgan fingerprint density at radius 1 is 1.14 bits per heavy atom. The number of unbranched alkanes of at least 4 members (excludes halogenated alkanes) is 1. The van der Waals surface area contributed by atoms with Crippen molar-refractivity contribution in [3.63, 3.8) is 0 Å². The number of hydrogen-bond donors (Lipinski definition) is 3. The normalized spacial score (nSPS) is 20.2. The van der Waals surface area contributed by atoms with Crippen molar-refractivity contribution in [2.75, 3.05) is 0 Å². The number of aliphatic hydroxyl groups is 3. The van der Waals surface area contributed by atoms with Gasteiger partial charge >= 0.3 is 0 Å². The number of hydrogen-bond acceptors (Lipinski definition) is 5. The van der Waals surface area contributed by atoms with E-state index in [2.05, 4.69) is 25.8 Å². The number of benzene rings is 1. The van der Waals surface area contributed by atoms with Gasteiger partial charge in [0, 0.05) is 18.5 Å². The molecule has 1 aromatic heterocycles. The molecule has 3 N–H and O–H groups in total. The fourth-order valence-corrected chi connectivity index (χ4v) is 3.87. The predicted octanol–water partition coefficient (Wildman–Crippen LogP) is 3.73. The molecule has 3 rings (SSSR count). The smallest absolute Gasteiger partial charge is 0.130 e. The average Bonchev–Trinajstić information content (AvgIpc) is 2.71. The maximum absolute atomic E-state index is 10.9. The second kappa shape index (κ2) is 9.24. The van der Waals surface area contributed by atoms with E-state index in [9.17, 15) is 15.3 Å². The third-order valence-electron chi connectivity index (χ3n) is 5.88. The molecule has 0 saturated carbocycles. The van der Waals surface area contributed by atoms with E-state index >= 15 is 0 Å². The van der Waals surface area contributed by atoms with Gasteiger partial charge in [-0.2, -0.15) is 0 Å². The molecule has 3 atom stereocenters. The lowest BCUT2D eigenvalue weighted by Gasteiger charge is -2.31. The molecule has 0 bridgehead atoms. The number of aliphatic hydroxyl groups excluding tert-OH is 3. The summed E-state index contributed by atoms with van der Waals surface area (Å²) in [6.07, 6.45) is 1.93. The number of aromatic nitrogens is 1. The first-order chi connectivity index (χ1) is 13.8. The SMILES string of the molecule is CCCCC(C)(C)C(O)c1cccc(OCc2ccc3c(n2)CC(O)C(O)C3)c1. The van der Waals surface area contributed by atoms with E-state index in [1.807, 2.05) is 36.4 Å². The van der Waals surface area contributed by atoms with Crippen molar-refractivity contribution in [3.8, 4) is 5.75 Å². The Bertz CT molecular complexity index is 820. The van der Waals surface area contributed by atoms with Gasteiger partial charge in [0.2, 0.25) is 0 Å². The average molecular weight is 400 g/mol. The molecule has 158 valence electrons. The largest absolute Gasteiger partial charge is 0.487 e. The summed E-state index contributed by atoms with van der Waals surface area (Å²) >= 11 is 0. The summed E-state index contributed by atoms with van der Waals surface area (Å²) in [5.74, 6) is 0.697. The second-order valence-corrected chi connectivity index (χ2v) is 8.81. The summed E-state index contributed by atoms with van der Waals surface area (Å²) in [5.41, 5.74) is 3.25. The molecule has 1 heterocycles. The summed E-state index contributed by atoms with van der Waals surface area (Å²) in [6, 6.07) is 11.5. The molecule has 1 aliphatic rings.